The summed E-state index contributed by atoms with van der Waals surface area (Å²) in [5, 5.41) is 9.13. The molecule has 0 fully saturated rings. The Kier molecular flexibility index (Phi) is 6.51. The van der Waals surface area contributed by atoms with Gasteiger partial charge in [0, 0.05) is 5.56 Å². The van der Waals surface area contributed by atoms with E-state index in [1.54, 1.807) is 0 Å². The summed E-state index contributed by atoms with van der Waals surface area (Å²) in [5.74, 6) is -0.892. The van der Waals surface area contributed by atoms with Crippen LogP contribution in [-0.2, 0) is 0 Å². The molecule has 6 nitrogen and oxygen atoms in total. The fourth-order valence-corrected chi connectivity index (χ4v) is 2.01. The van der Waals surface area contributed by atoms with Crippen molar-refractivity contribution >= 4 is 46.0 Å². The summed E-state index contributed by atoms with van der Waals surface area (Å²) in [5.41, 5.74) is 5.56. The molecule has 1 amide bonds. The van der Waals surface area contributed by atoms with Gasteiger partial charge in [-0.15, -0.1) is 12.4 Å². The lowest BCUT2D eigenvalue weighted by atomic mass is 10.1. The largest absolute Gasteiger partial charge is 0.495 e. The molecule has 0 radical (unpaired) electrons. The van der Waals surface area contributed by atoms with Crippen LogP contribution in [0.4, 0.5) is 0 Å². The highest BCUT2D eigenvalue weighted by Gasteiger charge is 2.17. The van der Waals surface area contributed by atoms with E-state index in [2.05, 4.69) is 21.2 Å². The Morgan fingerprint density at radius 3 is 2.42 bits per heavy atom. The van der Waals surface area contributed by atoms with Crippen molar-refractivity contribution in [3.8, 4) is 5.75 Å². The van der Waals surface area contributed by atoms with Crippen LogP contribution in [-0.4, -0.2) is 24.8 Å². The number of ketones is 1. The highest BCUT2D eigenvalue weighted by molar-refractivity contribution is 9.10. The van der Waals surface area contributed by atoms with E-state index in [1.165, 1.54) is 26.2 Å². The highest BCUT2D eigenvalue weighted by Crippen LogP contribution is 2.30. The number of ether oxygens (including phenoxy) is 1. The Bertz CT molecular complexity index is 534. The molecule has 0 aromatic heterocycles. The maximum atomic E-state index is 11.7. The summed E-state index contributed by atoms with van der Waals surface area (Å²) in [7, 11) is 1.43. The molecule has 1 aromatic carbocycles. The molecule has 0 saturated carbocycles. The topological polar surface area (TPSA) is 105 Å². The number of hydrogen-bond donors (Lipinski definition) is 3. The molecule has 0 unspecified atom stereocenters. The van der Waals surface area contributed by atoms with Gasteiger partial charge in [-0.25, -0.2) is 0 Å². The van der Waals surface area contributed by atoms with Crippen LogP contribution in [0.1, 0.15) is 27.6 Å². The molecule has 0 aliphatic rings. The van der Waals surface area contributed by atoms with Crippen molar-refractivity contribution in [2.24, 2.45) is 5.73 Å². The number of nitrogens with two attached hydrogens (primary N) is 1. The molecule has 0 aliphatic heterocycles. The van der Waals surface area contributed by atoms with E-state index in [4.69, 9.17) is 15.9 Å². The van der Waals surface area contributed by atoms with Gasteiger partial charge in [-0.1, -0.05) is 0 Å². The van der Waals surface area contributed by atoms with E-state index in [0.717, 1.165) is 0 Å². The van der Waals surface area contributed by atoms with Crippen LogP contribution in [0.2, 0.25) is 0 Å². The lowest BCUT2D eigenvalue weighted by Gasteiger charge is -2.11. The first-order valence-electron chi connectivity index (χ1n) is 4.90. The molecule has 1 aromatic rings. The lowest BCUT2D eigenvalue weighted by Crippen LogP contribution is -2.35. The summed E-state index contributed by atoms with van der Waals surface area (Å²) < 4.78 is 5.57. The number of carbonyl (C=O) groups excluding carboxylic acids is 2. The van der Waals surface area contributed by atoms with Gasteiger partial charge >= 0.3 is 0 Å². The minimum Gasteiger partial charge on any atom is -0.495 e. The van der Waals surface area contributed by atoms with Crippen LogP contribution in [0.15, 0.2) is 16.6 Å². The van der Waals surface area contributed by atoms with Gasteiger partial charge in [0.25, 0.3) is 5.91 Å². The number of benzene rings is 1. The summed E-state index contributed by atoms with van der Waals surface area (Å²) in [4.78, 5) is 23.2. The van der Waals surface area contributed by atoms with Gasteiger partial charge in [0.1, 0.15) is 5.75 Å². The molecule has 4 N–H and O–H groups in total. The van der Waals surface area contributed by atoms with Crippen molar-refractivity contribution in [2.45, 2.75) is 6.92 Å². The number of nitrogens with one attached hydrogen (secondary N) is 2. The number of Topliss-reactive ketones (excluding diaryl/α,β-unsaturated/α-hetero) is 1. The maximum Gasteiger partial charge on any atom is 0.258 e. The van der Waals surface area contributed by atoms with Crippen molar-refractivity contribution in [1.29, 1.82) is 5.41 Å². The van der Waals surface area contributed by atoms with Gasteiger partial charge in [0.05, 0.1) is 17.1 Å². The quantitative estimate of drug-likeness (QED) is 0.438. The van der Waals surface area contributed by atoms with Crippen LogP contribution in [0.5, 0.6) is 5.75 Å². The SMILES string of the molecule is COc1c(Br)cc(C(=O)NC(=N)N)cc1C(C)=O.Cl. The first-order valence-corrected chi connectivity index (χ1v) is 5.70. The Balaban J connectivity index is 0.00000324. The van der Waals surface area contributed by atoms with Crippen LogP contribution < -0.4 is 15.8 Å². The zero-order chi connectivity index (χ0) is 13.9. The molecular weight excluding hydrogens is 337 g/mol. The Morgan fingerprint density at radius 2 is 2.00 bits per heavy atom. The molecular formula is C11H13BrClN3O3. The summed E-state index contributed by atoms with van der Waals surface area (Å²) in [6.07, 6.45) is 0. The van der Waals surface area contributed by atoms with Crippen molar-refractivity contribution in [3.63, 3.8) is 0 Å². The molecule has 0 spiro atoms. The molecule has 0 atom stereocenters. The minimum absolute atomic E-state index is 0. The van der Waals surface area contributed by atoms with E-state index < -0.39 is 11.9 Å². The van der Waals surface area contributed by atoms with Crippen LogP contribution >= 0.6 is 28.3 Å². The smallest absolute Gasteiger partial charge is 0.258 e. The fraction of sp³-hybridized carbons (Fsp3) is 0.182. The predicted molar refractivity (Wildman–Crippen MR) is 77.3 cm³/mol. The van der Waals surface area contributed by atoms with E-state index in [0.29, 0.717) is 10.2 Å². The highest BCUT2D eigenvalue weighted by atomic mass is 79.9. The first-order chi connectivity index (χ1) is 8.36. The van der Waals surface area contributed by atoms with Gasteiger partial charge < -0.3 is 10.5 Å². The summed E-state index contributed by atoms with van der Waals surface area (Å²) in [6, 6.07) is 2.88. The van der Waals surface area contributed by atoms with Crippen molar-refractivity contribution in [3.05, 3.63) is 27.7 Å². The van der Waals surface area contributed by atoms with Gasteiger partial charge in [-0.05, 0) is 35.0 Å². The second-order valence-electron chi connectivity index (χ2n) is 3.46. The van der Waals surface area contributed by atoms with Crippen molar-refractivity contribution < 1.29 is 14.3 Å². The van der Waals surface area contributed by atoms with Gasteiger partial charge in [-0.2, -0.15) is 0 Å². The van der Waals surface area contributed by atoms with Crippen LogP contribution in [0, 0.1) is 5.41 Å². The third kappa shape index (κ3) is 4.22. The third-order valence-electron chi connectivity index (χ3n) is 2.14. The molecule has 0 bridgehead atoms. The number of halogens is 2. The zero-order valence-electron chi connectivity index (χ0n) is 10.2. The molecule has 0 aliphatic carbocycles. The Hall–Kier alpha value is -1.60. The number of amides is 1. The average Bonchev–Trinajstić information content (AvgIpc) is 2.26. The molecule has 104 valence electrons. The number of carbonyl (C=O) groups is 2. The number of rotatable bonds is 3. The average molecular weight is 351 g/mol. The Morgan fingerprint density at radius 1 is 1.42 bits per heavy atom. The third-order valence-corrected chi connectivity index (χ3v) is 2.73. The minimum atomic E-state index is -0.562. The van der Waals surface area contributed by atoms with Crippen LogP contribution in [0.25, 0.3) is 0 Å². The molecule has 1 rings (SSSR count). The van der Waals surface area contributed by atoms with E-state index in [1.807, 2.05) is 0 Å². The fourth-order valence-electron chi connectivity index (χ4n) is 1.39. The summed E-state index contributed by atoms with van der Waals surface area (Å²) >= 11 is 3.22. The maximum absolute atomic E-state index is 11.7. The monoisotopic (exact) mass is 349 g/mol. The molecule has 19 heavy (non-hydrogen) atoms. The van der Waals surface area contributed by atoms with Crippen LogP contribution in [0.3, 0.4) is 0 Å². The zero-order valence-corrected chi connectivity index (χ0v) is 12.6. The number of hydrogen-bond acceptors (Lipinski definition) is 4. The molecule has 0 saturated heterocycles. The molecule has 0 heterocycles. The Labute approximate surface area is 124 Å². The second-order valence-corrected chi connectivity index (χ2v) is 4.32. The second kappa shape index (κ2) is 7.10. The number of guanidine groups is 1. The van der Waals surface area contributed by atoms with Gasteiger partial charge in [-0.3, -0.25) is 20.3 Å². The summed E-state index contributed by atoms with van der Waals surface area (Å²) in [6.45, 7) is 1.37. The van der Waals surface area contributed by atoms with E-state index in [-0.39, 0.29) is 29.3 Å². The van der Waals surface area contributed by atoms with Crippen molar-refractivity contribution in [1.82, 2.24) is 5.32 Å². The lowest BCUT2D eigenvalue weighted by molar-refractivity contribution is 0.0976. The number of methoxy groups -OCH3 is 1. The predicted octanol–water partition coefficient (Wildman–Crippen LogP) is 1.71. The normalized spacial score (nSPS) is 9.21. The standard InChI is InChI=1S/C11H12BrN3O3.ClH/c1-5(16)7-3-6(10(17)15-11(13)14)4-8(12)9(7)18-2;/h3-4H,1-2H3,(H4,13,14,15,17);1H. The van der Waals surface area contributed by atoms with Gasteiger partial charge in [0.15, 0.2) is 11.7 Å². The first kappa shape index (κ1) is 17.4. The van der Waals surface area contributed by atoms with Gasteiger partial charge in [0.2, 0.25) is 0 Å². The van der Waals surface area contributed by atoms with Crippen molar-refractivity contribution in [2.75, 3.05) is 7.11 Å². The molecule has 8 heteroatoms. The van der Waals surface area contributed by atoms with E-state index >= 15 is 0 Å². The van der Waals surface area contributed by atoms with E-state index in [9.17, 15) is 9.59 Å².